The lowest BCUT2D eigenvalue weighted by Crippen LogP contribution is -2.35. The molecular formula is C10H19NO2. The van der Waals surface area contributed by atoms with E-state index in [9.17, 15) is 4.79 Å². The predicted octanol–water partition coefficient (Wildman–Crippen LogP) is 0.668. The first-order valence-electron chi connectivity index (χ1n) is 5.02. The SMILES string of the molecule is CC(C)C(=O)CN(CCO)C1CC1. The van der Waals surface area contributed by atoms with Crippen molar-refractivity contribution in [2.75, 3.05) is 19.7 Å². The minimum Gasteiger partial charge on any atom is -0.395 e. The maximum absolute atomic E-state index is 11.4. The first-order chi connectivity index (χ1) is 6.15. The molecule has 0 aromatic heterocycles. The van der Waals surface area contributed by atoms with Gasteiger partial charge in [0.1, 0.15) is 5.78 Å². The normalized spacial score (nSPS) is 17.0. The maximum Gasteiger partial charge on any atom is 0.149 e. The van der Waals surface area contributed by atoms with Crippen molar-refractivity contribution in [3.63, 3.8) is 0 Å². The molecule has 1 N–H and O–H groups in total. The van der Waals surface area contributed by atoms with Crippen LogP contribution in [0.3, 0.4) is 0 Å². The average molecular weight is 185 g/mol. The first kappa shape index (κ1) is 10.7. The molecule has 1 saturated carbocycles. The molecule has 0 atom stereocenters. The zero-order valence-electron chi connectivity index (χ0n) is 8.49. The zero-order chi connectivity index (χ0) is 9.84. The highest BCUT2D eigenvalue weighted by molar-refractivity contribution is 5.82. The van der Waals surface area contributed by atoms with Crippen LogP contribution in [0.25, 0.3) is 0 Å². The fourth-order valence-corrected chi connectivity index (χ4v) is 1.34. The number of carbonyl (C=O) groups is 1. The largest absolute Gasteiger partial charge is 0.395 e. The fourth-order valence-electron chi connectivity index (χ4n) is 1.34. The van der Waals surface area contributed by atoms with Gasteiger partial charge in [0.2, 0.25) is 0 Å². The smallest absolute Gasteiger partial charge is 0.149 e. The van der Waals surface area contributed by atoms with Gasteiger partial charge in [-0.3, -0.25) is 9.69 Å². The Morgan fingerprint density at radius 3 is 2.54 bits per heavy atom. The van der Waals surface area contributed by atoms with Crippen LogP contribution in [0.2, 0.25) is 0 Å². The molecule has 3 nitrogen and oxygen atoms in total. The Bertz CT molecular complexity index is 176. The predicted molar refractivity (Wildman–Crippen MR) is 51.5 cm³/mol. The summed E-state index contributed by atoms with van der Waals surface area (Å²) in [5, 5.41) is 8.81. The van der Waals surface area contributed by atoms with E-state index in [1.54, 1.807) is 0 Å². The van der Waals surface area contributed by atoms with Crippen LogP contribution in [-0.2, 0) is 4.79 Å². The highest BCUT2D eigenvalue weighted by atomic mass is 16.3. The van der Waals surface area contributed by atoms with Crippen LogP contribution >= 0.6 is 0 Å². The van der Waals surface area contributed by atoms with E-state index < -0.39 is 0 Å². The number of hydrogen-bond acceptors (Lipinski definition) is 3. The Kier molecular flexibility index (Phi) is 3.88. The lowest BCUT2D eigenvalue weighted by Gasteiger charge is -2.20. The third-order valence-electron chi connectivity index (χ3n) is 2.45. The van der Waals surface area contributed by atoms with Crippen molar-refractivity contribution in [2.24, 2.45) is 5.92 Å². The fraction of sp³-hybridized carbons (Fsp3) is 0.900. The number of ketones is 1. The lowest BCUT2D eigenvalue weighted by atomic mass is 10.1. The summed E-state index contributed by atoms with van der Waals surface area (Å²) < 4.78 is 0. The van der Waals surface area contributed by atoms with E-state index >= 15 is 0 Å². The summed E-state index contributed by atoms with van der Waals surface area (Å²) >= 11 is 0. The number of Topliss-reactive ketones (excluding diaryl/α,β-unsaturated/α-hetero) is 1. The van der Waals surface area contributed by atoms with Gasteiger partial charge in [-0.15, -0.1) is 0 Å². The summed E-state index contributed by atoms with van der Waals surface area (Å²) in [6.07, 6.45) is 2.37. The minimum absolute atomic E-state index is 0.111. The topological polar surface area (TPSA) is 40.5 Å². The molecule has 0 radical (unpaired) electrons. The molecule has 3 heteroatoms. The van der Waals surface area contributed by atoms with Crippen molar-refractivity contribution in [3.05, 3.63) is 0 Å². The van der Waals surface area contributed by atoms with Crippen molar-refractivity contribution in [3.8, 4) is 0 Å². The summed E-state index contributed by atoms with van der Waals surface area (Å²) in [6, 6.07) is 0.565. The molecule has 1 aliphatic rings. The monoisotopic (exact) mass is 185 g/mol. The van der Waals surface area contributed by atoms with Crippen molar-refractivity contribution >= 4 is 5.78 Å². The van der Waals surface area contributed by atoms with Crippen LogP contribution in [-0.4, -0.2) is 41.5 Å². The van der Waals surface area contributed by atoms with E-state index in [1.165, 1.54) is 12.8 Å². The van der Waals surface area contributed by atoms with Crippen LogP contribution in [0.5, 0.6) is 0 Å². The van der Waals surface area contributed by atoms with E-state index in [4.69, 9.17) is 5.11 Å². The molecule has 1 rings (SSSR count). The van der Waals surface area contributed by atoms with E-state index in [0.29, 0.717) is 19.1 Å². The third kappa shape index (κ3) is 3.44. The van der Waals surface area contributed by atoms with Crippen LogP contribution in [0.4, 0.5) is 0 Å². The molecule has 76 valence electrons. The van der Waals surface area contributed by atoms with Gasteiger partial charge in [0.15, 0.2) is 0 Å². The van der Waals surface area contributed by atoms with Gasteiger partial charge in [-0.05, 0) is 12.8 Å². The molecule has 0 unspecified atom stereocenters. The van der Waals surface area contributed by atoms with Crippen molar-refractivity contribution in [2.45, 2.75) is 32.7 Å². The summed E-state index contributed by atoms with van der Waals surface area (Å²) in [4.78, 5) is 13.5. The van der Waals surface area contributed by atoms with E-state index in [1.807, 2.05) is 13.8 Å². The van der Waals surface area contributed by atoms with Gasteiger partial charge in [-0.2, -0.15) is 0 Å². The third-order valence-corrected chi connectivity index (χ3v) is 2.45. The van der Waals surface area contributed by atoms with Gasteiger partial charge < -0.3 is 5.11 Å². The van der Waals surface area contributed by atoms with Crippen LogP contribution in [0.1, 0.15) is 26.7 Å². The number of aliphatic hydroxyl groups excluding tert-OH is 1. The van der Waals surface area contributed by atoms with E-state index in [0.717, 1.165) is 0 Å². The average Bonchev–Trinajstić information content (AvgIpc) is 2.85. The van der Waals surface area contributed by atoms with Gasteiger partial charge in [0.25, 0.3) is 0 Å². The zero-order valence-corrected chi connectivity index (χ0v) is 8.49. The molecule has 1 aliphatic carbocycles. The molecule has 0 heterocycles. The second-order valence-corrected chi connectivity index (χ2v) is 4.05. The van der Waals surface area contributed by atoms with Crippen LogP contribution < -0.4 is 0 Å². The molecule has 0 bridgehead atoms. The quantitative estimate of drug-likeness (QED) is 0.661. The van der Waals surface area contributed by atoms with Gasteiger partial charge in [0, 0.05) is 18.5 Å². The lowest BCUT2D eigenvalue weighted by molar-refractivity contribution is -0.123. The number of carbonyl (C=O) groups excluding carboxylic acids is 1. The van der Waals surface area contributed by atoms with Crippen molar-refractivity contribution < 1.29 is 9.90 Å². The Morgan fingerprint density at radius 1 is 1.54 bits per heavy atom. The summed E-state index contributed by atoms with van der Waals surface area (Å²) in [5.74, 6) is 0.389. The van der Waals surface area contributed by atoms with E-state index in [2.05, 4.69) is 4.90 Å². The molecule has 13 heavy (non-hydrogen) atoms. The van der Waals surface area contributed by atoms with E-state index in [-0.39, 0.29) is 18.3 Å². The summed E-state index contributed by atoms with van der Waals surface area (Å²) in [5.41, 5.74) is 0. The Balaban J connectivity index is 2.33. The molecule has 0 amide bonds. The second-order valence-electron chi connectivity index (χ2n) is 4.05. The van der Waals surface area contributed by atoms with Gasteiger partial charge >= 0.3 is 0 Å². The van der Waals surface area contributed by atoms with Crippen molar-refractivity contribution in [1.82, 2.24) is 4.90 Å². The van der Waals surface area contributed by atoms with Gasteiger partial charge in [-0.1, -0.05) is 13.8 Å². The molecule has 0 aromatic carbocycles. The minimum atomic E-state index is 0.111. The summed E-state index contributed by atoms with van der Waals surface area (Å²) in [7, 11) is 0. The molecule has 0 saturated heterocycles. The molecule has 0 spiro atoms. The van der Waals surface area contributed by atoms with Crippen LogP contribution in [0, 0.1) is 5.92 Å². The Hall–Kier alpha value is -0.410. The Labute approximate surface area is 79.7 Å². The molecule has 0 aliphatic heterocycles. The second kappa shape index (κ2) is 4.72. The number of hydrogen-bond donors (Lipinski definition) is 1. The highest BCUT2D eigenvalue weighted by Gasteiger charge is 2.29. The summed E-state index contributed by atoms with van der Waals surface area (Å²) in [6.45, 7) is 5.16. The number of nitrogens with zero attached hydrogens (tertiary/aromatic N) is 1. The van der Waals surface area contributed by atoms with Crippen molar-refractivity contribution in [1.29, 1.82) is 0 Å². The first-order valence-corrected chi connectivity index (χ1v) is 5.02. The molecular weight excluding hydrogens is 166 g/mol. The maximum atomic E-state index is 11.4. The van der Waals surface area contributed by atoms with Gasteiger partial charge in [0.05, 0.1) is 13.2 Å². The number of rotatable bonds is 6. The van der Waals surface area contributed by atoms with Crippen LogP contribution in [0.15, 0.2) is 0 Å². The number of aliphatic hydroxyl groups is 1. The molecule has 0 aromatic rings. The highest BCUT2D eigenvalue weighted by Crippen LogP contribution is 2.26. The standard InChI is InChI=1S/C10H19NO2/c1-8(2)10(13)7-11(5-6-12)9-3-4-9/h8-9,12H,3-7H2,1-2H3. The Morgan fingerprint density at radius 2 is 2.15 bits per heavy atom. The van der Waals surface area contributed by atoms with Gasteiger partial charge in [-0.25, -0.2) is 0 Å². The molecule has 1 fully saturated rings.